The van der Waals surface area contributed by atoms with E-state index in [-0.39, 0.29) is 11.7 Å². The third-order valence-corrected chi connectivity index (χ3v) is 6.50. The number of aromatic nitrogens is 2. The van der Waals surface area contributed by atoms with Gasteiger partial charge in [-0.15, -0.1) is 0 Å². The first-order valence-electron chi connectivity index (χ1n) is 12.2. The van der Waals surface area contributed by atoms with Crippen LogP contribution in [0.5, 0.6) is 11.5 Å². The summed E-state index contributed by atoms with van der Waals surface area (Å²) in [7, 11) is 5.41. The fraction of sp³-hybridized carbons (Fsp3) is 0.444. The number of nitrogens with zero attached hydrogens (tertiary/aromatic N) is 4. The number of likely N-dealkylation sites (tertiary alicyclic amines) is 1. The van der Waals surface area contributed by atoms with Crippen LogP contribution in [-0.2, 0) is 4.79 Å². The van der Waals surface area contributed by atoms with Crippen molar-refractivity contribution in [2.75, 3.05) is 52.8 Å². The largest absolute Gasteiger partial charge is 0.493 e. The highest BCUT2D eigenvalue weighted by Gasteiger charge is 2.23. The fourth-order valence-corrected chi connectivity index (χ4v) is 4.46. The summed E-state index contributed by atoms with van der Waals surface area (Å²) in [4.78, 5) is 24.8. The first-order chi connectivity index (χ1) is 17.3. The van der Waals surface area contributed by atoms with Gasteiger partial charge in [-0.05, 0) is 70.0 Å². The highest BCUT2D eigenvalue weighted by atomic mass is 19.1. The summed E-state index contributed by atoms with van der Waals surface area (Å²) in [6.45, 7) is 4.44. The highest BCUT2D eigenvalue weighted by molar-refractivity contribution is 5.93. The molecule has 1 saturated heterocycles. The van der Waals surface area contributed by atoms with Crippen LogP contribution in [0.4, 0.5) is 15.9 Å². The van der Waals surface area contributed by atoms with Gasteiger partial charge in [0.2, 0.25) is 5.91 Å². The average molecular weight is 496 g/mol. The molecule has 36 heavy (non-hydrogen) atoms. The molecule has 0 unspecified atom stereocenters. The summed E-state index contributed by atoms with van der Waals surface area (Å²) in [5, 5.41) is 3.77. The van der Waals surface area contributed by atoms with Crippen molar-refractivity contribution in [1.82, 2.24) is 19.8 Å². The number of carbonyl (C=O) groups is 1. The maximum atomic E-state index is 14.4. The van der Waals surface area contributed by atoms with Gasteiger partial charge in [0.25, 0.3) is 0 Å². The Morgan fingerprint density at radius 2 is 1.94 bits per heavy atom. The summed E-state index contributed by atoms with van der Waals surface area (Å²) in [5.74, 6) is 2.02. The Labute approximate surface area is 211 Å². The molecule has 4 rings (SSSR count). The van der Waals surface area contributed by atoms with Crippen molar-refractivity contribution in [1.29, 1.82) is 0 Å². The maximum Gasteiger partial charge on any atom is 0.236 e. The molecule has 1 N–H and O–H groups in total. The molecule has 8 nitrogen and oxygen atoms in total. The van der Waals surface area contributed by atoms with Gasteiger partial charge < -0.3 is 24.6 Å². The van der Waals surface area contributed by atoms with Crippen LogP contribution in [0.1, 0.15) is 24.8 Å². The van der Waals surface area contributed by atoms with E-state index >= 15 is 0 Å². The minimum Gasteiger partial charge on any atom is -0.493 e. The van der Waals surface area contributed by atoms with Crippen molar-refractivity contribution in [2.24, 2.45) is 5.92 Å². The van der Waals surface area contributed by atoms with E-state index in [9.17, 15) is 9.18 Å². The van der Waals surface area contributed by atoms with E-state index in [2.05, 4.69) is 15.3 Å². The van der Waals surface area contributed by atoms with Crippen LogP contribution in [0.25, 0.3) is 10.9 Å². The van der Waals surface area contributed by atoms with Gasteiger partial charge >= 0.3 is 0 Å². The van der Waals surface area contributed by atoms with Crippen LogP contribution in [0.15, 0.2) is 36.7 Å². The molecule has 0 radical (unpaired) electrons. The third-order valence-electron chi connectivity index (χ3n) is 6.50. The maximum absolute atomic E-state index is 14.4. The lowest BCUT2D eigenvalue weighted by atomic mass is 9.94. The van der Waals surface area contributed by atoms with Crippen LogP contribution in [0, 0.1) is 18.7 Å². The van der Waals surface area contributed by atoms with Gasteiger partial charge in [-0.1, -0.05) is 6.07 Å². The van der Waals surface area contributed by atoms with Crippen molar-refractivity contribution < 1.29 is 18.7 Å². The van der Waals surface area contributed by atoms with Gasteiger partial charge in [-0.3, -0.25) is 4.79 Å². The number of amides is 1. The molecule has 1 amide bonds. The van der Waals surface area contributed by atoms with Gasteiger partial charge in [-0.25, -0.2) is 14.4 Å². The van der Waals surface area contributed by atoms with E-state index in [4.69, 9.17) is 9.47 Å². The number of fused-ring (bicyclic) bond motifs is 1. The molecule has 192 valence electrons. The molecular formula is C27H34FN5O3. The Morgan fingerprint density at radius 3 is 2.64 bits per heavy atom. The summed E-state index contributed by atoms with van der Waals surface area (Å²) in [6, 6.07) is 8.65. The first-order valence-corrected chi connectivity index (χ1v) is 12.2. The lowest BCUT2D eigenvalue weighted by Gasteiger charge is -2.32. The van der Waals surface area contributed by atoms with Crippen LogP contribution >= 0.6 is 0 Å². The fourth-order valence-electron chi connectivity index (χ4n) is 4.46. The number of nitrogens with one attached hydrogen (secondary N) is 1. The molecule has 1 fully saturated rings. The SMILES string of the molecule is COc1cc2c(Nc3ccc(C)cc3F)ncnc2cc1OCCC1CCN(C(=O)CN(C)C)CC1. The number of methoxy groups -OCH3 is 1. The smallest absolute Gasteiger partial charge is 0.236 e. The van der Waals surface area contributed by atoms with Crippen molar-refractivity contribution in [3.8, 4) is 11.5 Å². The summed E-state index contributed by atoms with van der Waals surface area (Å²) >= 11 is 0. The molecule has 0 spiro atoms. The number of hydrogen-bond donors (Lipinski definition) is 1. The van der Waals surface area contributed by atoms with Gasteiger partial charge in [0.15, 0.2) is 11.5 Å². The van der Waals surface area contributed by atoms with E-state index in [0.717, 1.165) is 37.9 Å². The number of carbonyl (C=O) groups excluding carboxylic acids is 1. The number of benzene rings is 2. The van der Waals surface area contributed by atoms with E-state index in [1.54, 1.807) is 13.2 Å². The van der Waals surface area contributed by atoms with Crippen molar-refractivity contribution in [3.63, 3.8) is 0 Å². The topological polar surface area (TPSA) is 79.8 Å². The monoisotopic (exact) mass is 495 g/mol. The number of rotatable bonds is 9. The summed E-state index contributed by atoms with van der Waals surface area (Å²) in [6.07, 6.45) is 4.31. The average Bonchev–Trinajstić information content (AvgIpc) is 2.85. The number of ether oxygens (including phenoxy) is 2. The van der Waals surface area contributed by atoms with Crippen molar-refractivity contribution in [2.45, 2.75) is 26.2 Å². The summed E-state index contributed by atoms with van der Waals surface area (Å²) < 4.78 is 26.1. The zero-order valence-corrected chi connectivity index (χ0v) is 21.4. The van der Waals surface area contributed by atoms with Crippen LogP contribution in [0.2, 0.25) is 0 Å². The Kier molecular flexibility index (Phi) is 8.20. The van der Waals surface area contributed by atoms with Crippen molar-refractivity contribution in [3.05, 3.63) is 48.0 Å². The second-order valence-corrected chi connectivity index (χ2v) is 9.55. The molecular weight excluding hydrogens is 461 g/mol. The van der Waals surface area contributed by atoms with E-state index in [1.807, 2.05) is 49.0 Å². The molecule has 1 aliphatic heterocycles. The molecule has 0 bridgehead atoms. The van der Waals surface area contributed by atoms with E-state index in [0.29, 0.717) is 53.0 Å². The van der Waals surface area contributed by atoms with E-state index < -0.39 is 0 Å². The minimum absolute atomic E-state index is 0.191. The Morgan fingerprint density at radius 1 is 1.17 bits per heavy atom. The van der Waals surface area contributed by atoms with Crippen molar-refractivity contribution >= 4 is 28.3 Å². The normalized spacial score (nSPS) is 14.3. The Bertz CT molecular complexity index is 1210. The minimum atomic E-state index is -0.346. The molecule has 0 atom stereocenters. The standard InChI is InChI=1S/C27H34FN5O3/c1-18-5-6-22(21(28)13-18)31-27-20-14-24(35-4)25(15-23(20)29-17-30-27)36-12-9-19-7-10-33(11-8-19)26(34)16-32(2)3/h5-6,13-15,17,19H,7-12,16H2,1-4H3,(H,29,30,31). The lowest BCUT2D eigenvalue weighted by molar-refractivity contribution is -0.133. The van der Waals surface area contributed by atoms with Crippen LogP contribution in [0.3, 0.4) is 0 Å². The molecule has 9 heteroatoms. The number of hydrogen-bond acceptors (Lipinski definition) is 7. The second kappa shape index (κ2) is 11.5. The number of aryl methyl sites for hydroxylation is 1. The number of likely N-dealkylation sites (N-methyl/N-ethyl adjacent to an activating group) is 1. The van der Waals surface area contributed by atoms with Gasteiger partial charge in [0.1, 0.15) is 18.0 Å². The Balaban J connectivity index is 1.39. The predicted molar refractivity (Wildman–Crippen MR) is 138 cm³/mol. The second-order valence-electron chi connectivity index (χ2n) is 9.55. The summed E-state index contributed by atoms with van der Waals surface area (Å²) in [5.41, 5.74) is 1.86. The molecule has 0 aliphatic carbocycles. The van der Waals surface area contributed by atoms with Crippen LogP contribution < -0.4 is 14.8 Å². The van der Waals surface area contributed by atoms with Crippen LogP contribution in [-0.4, -0.2) is 73.1 Å². The number of piperidine rings is 1. The Hall–Kier alpha value is -3.46. The lowest BCUT2D eigenvalue weighted by Crippen LogP contribution is -2.42. The first kappa shape index (κ1) is 25.6. The zero-order chi connectivity index (χ0) is 25.7. The third kappa shape index (κ3) is 6.20. The molecule has 2 heterocycles. The predicted octanol–water partition coefficient (Wildman–Crippen LogP) is 4.40. The van der Waals surface area contributed by atoms with Gasteiger partial charge in [0, 0.05) is 24.5 Å². The highest BCUT2D eigenvalue weighted by Crippen LogP contribution is 2.35. The number of anilines is 2. The molecule has 3 aromatic rings. The zero-order valence-electron chi connectivity index (χ0n) is 21.4. The van der Waals surface area contributed by atoms with E-state index in [1.165, 1.54) is 12.4 Å². The van der Waals surface area contributed by atoms with Gasteiger partial charge in [0.05, 0.1) is 31.5 Å². The molecule has 1 aromatic heterocycles. The number of halogens is 1. The quantitative estimate of drug-likeness (QED) is 0.471. The molecule has 0 saturated carbocycles. The molecule has 1 aliphatic rings. The van der Waals surface area contributed by atoms with Gasteiger partial charge in [-0.2, -0.15) is 0 Å². The molecule has 2 aromatic carbocycles.